The number of hydrogen-bond donors (Lipinski definition) is 2. The fraction of sp³-hybridized carbons (Fsp3) is 0.176. The van der Waals surface area contributed by atoms with E-state index in [1.807, 2.05) is 54.9 Å². The number of aryl methyl sites for hydroxylation is 1. The van der Waals surface area contributed by atoms with Gasteiger partial charge in [-0.05, 0) is 17.7 Å². The SMILES string of the molecule is Cn1nccc1-c1cc(C(=O)NC(CN)c2ccccc2)cs1. The Kier molecular flexibility index (Phi) is 4.55. The highest BCUT2D eigenvalue weighted by Gasteiger charge is 2.16. The monoisotopic (exact) mass is 326 g/mol. The summed E-state index contributed by atoms with van der Waals surface area (Å²) in [5.74, 6) is -0.117. The van der Waals surface area contributed by atoms with E-state index >= 15 is 0 Å². The summed E-state index contributed by atoms with van der Waals surface area (Å²) in [4.78, 5) is 13.5. The molecule has 0 saturated carbocycles. The molecule has 1 atom stereocenters. The van der Waals surface area contributed by atoms with Crippen LogP contribution in [0.25, 0.3) is 10.6 Å². The molecule has 3 N–H and O–H groups in total. The lowest BCUT2D eigenvalue weighted by Gasteiger charge is -2.16. The van der Waals surface area contributed by atoms with Gasteiger partial charge >= 0.3 is 0 Å². The summed E-state index contributed by atoms with van der Waals surface area (Å²) in [6.07, 6.45) is 1.74. The van der Waals surface area contributed by atoms with E-state index in [4.69, 9.17) is 5.73 Å². The van der Waals surface area contributed by atoms with Gasteiger partial charge in [0.1, 0.15) is 0 Å². The molecule has 1 amide bonds. The molecule has 0 fully saturated rings. The van der Waals surface area contributed by atoms with Gasteiger partial charge in [0.2, 0.25) is 0 Å². The number of carbonyl (C=O) groups excluding carboxylic acids is 1. The van der Waals surface area contributed by atoms with Crippen molar-refractivity contribution in [3.05, 3.63) is 65.2 Å². The Labute approximate surface area is 138 Å². The number of carbonyl (C=O) groups is 1. The summed E-state index contributed by atoms with van der Waals surface area (Å²) in [5.41, 5.74) is 8.45. The number of hydrogen-bond acceptors (Lipinski definition) is 4. The maximum Gasteiger partial charge on any atom is 0.252 e. The molecule has 0 aliphatic heterocycles. The van der Waals surface area contributed by atoms with Gasteiger partial charge in [0, 0.05) is 25.2 Å². The molecule has 2 aromatic heterocycles. The minimum atomic E-state index is -0.191. The lowest BCUT2D eigenvalue weighted by atomic mass is 10.1. The van der Waals surface area contributed by atoms with Gasteiger partial charge in [-0.25, -0.2) is 0 Å². The van der Waals surface area contributed by atoms with Crippen LogP contribution in [0.1, 0.15) is 22.0 Å². The average molecular weight is 326 g/mol. The largest absolute Gasteiger partial charge is 0.344 e. The molecule has 23 heavy (non-hydrogen) atoms. The first-order valence-corrected chi connectivity index (χ1v) is 8.20. The third-order valence-electron chi connectivity index (χ3n) is 3.68. The number of nitrogens with two attached hydrogens (primary N) is 1. The second kappa shape index (κ2) is 6.76. The van der Waals surface area contributed by atoms with Crippen molar-refractivity contribution < 1.29 is 4.79 Å². The van der Waals surface area contributed by atoms with Crippen LogP contribution in [0.3, 0.4) is 0 Å². The van der Waals surface area contributed by atoms with Gasteiger partial charge in [0.15, 0.2) is 0 Å². The molecule has 0 radical (unpaired) electrons. The van der Waals surface area contributed by atoms with Crippen LogP contribution in [0.4, 0.5) is 0 Å². The van der Waals surface area contributed by atoms with Crippen LogP contribution in [-0.4, -0.2) is 22.2 Å². The Morgan fingerprint density at radius 1 is 1.35 bits per heavy atom. The van der Waals surface area contributed by atoms with E-state index in [0.29, 0.717) is 12.1 Å². The topological polar surface area (TPSA) is 72.9 Å². The van der Waals surface area contributed by atoms with Crippen LogP contribution in [0.5, 0.6) is 0 Å². The lowest BCUT2D eigenvalue weighted by Crippen LogP contribution is -2.33. The molecule has 2 heterocycles. The van der Waals surface area contributed by atoms with Crippen LogP contribution in [-0.2, 0) is 7.05 Å². The molecule has 5 nitrogen and oxygen atoms in total. The van der Waals surface area contributed by atoms with E-state index in [-0.39, 0.29) is 11.9 Å². The molecule has 6 heteroatoms. The maximum atomic E-state index is 12.5. The first-order chi connectivity index (χ1) is 11.2. The van der Waals surface area contributed by atoms with Gasteiger partial charge in [-0.15, -0.1) is 11.3 Å². The van der Waals surface area contributed by atoms with Crippen LogP contribution >= 0.6 is 11.3 Å². The highest BCUT2D eigenvalue weighted by atomic mass is 32.1. The van der Waals surface area contributed by atoms with Crippen molar-refractivity contribution in [2.45, 2.75) is 6.04 Å². The highest BCUT2D eigenvalue weighted by molar-refractivity contribution is 7.13. The molecule has 1 aromatic carbocycles. The Morgan fingerprint density at radius 3 is 2.78 bits per heavy atom. The predicted molar refractivity (Wildman–Crippen MR) is 92.2 cm³/mol. The molecule has 3 rings (SSSR count). The van der Waals surface area contributed by atoms with Crippen LogP contribution in [0.2, 0.25) is 0 Å². The van der Waals surface area contributed by atoms with Crippen molar-refractivity contribution in [3.8, 4) is 10.6 Å². The van der Waals surface area contributed by atoms with Gasteiger partial charge < -0.3 is 11.1 Å². The van der Waals surface area contributed by atoms with Gasteiger partial charge in [-0.3, -0.25) is 9.48 Å². The zero-order valence-corrected chi connectivity index (χ0v) is 13.6. The van der Waals surface area contributed by atoms with Gasteiger partial charge in [0.25, 0.3) is 5.91 Å². The standard InChI is InChI=1S/C17H18N4OS/c1-21-15(7-8-19-21)16-9-13(11-23-16)17(22)20-14(10-18)12-5-3-2-4-6-12/h2-9,11,14H,10,18H2,1H3,(H,20,22). The van der Waals surface area contributed by atoms with E-state index in [9.17, 15) is 4.79 Å². The Morgan fingerprint density at radius 2 is 2.13 bits per heavy atom. The van der Waals surface area contributed by atoms with Crippen molar-refractivity contribution in [1.29, 1.82) is 0 Å². The van der Waals surface area contributed by atoms with Gasteiger partial charge in [-0.1, -0.05) is 30.3 Å². The molecule has 0 bridgehead atoms. The normalized spacial score (nSPS) is 12.1. The lowest BCUT2D eigenvalue weighted by molar-refractivity contribution is 0.0938. The molecule has 118 valence electrons. The Bertz CT molecular complexity index is 794. The maximum absolute atomic E-state index is 12.5. The van der Waals surface area contributed by atoms with E-state index in [0.717, 1.165) is 16.1 Å². The van der Waals surface area contributed by atoms with E-state index in [1.165, 1.54) is 11.3 Å². The minimum Gasteiger partial charge on any atom is -0.344 e. The summed E-state index contributed by atoms with van der Waals surface area (Å²) >= 11 is 1.53. The molecular weight excluding hydrogens is 308 g/mol. The minimum absolute atomic E-state index is 0.117. The van der Waals surface area contributed by atoms with Crippen LogP contribution < -0.4 is 11.1 Å². The highest BCUT2D eigenvalue weighted by Crippen LogP contribution is 2.26. The molecule has 0 aliphatic rings. The fourth-order valence-corrected chi connectivity index (χ4v) is 3.36. The summed E-state index contributed by atoms with van der Waals surface area (Å²) in [5, 5.41) is 9.00. The van der Waals surface area contributed by atoms with Crippen molar-refractivity contribution in [2.24, 2.45) is 12.8 Å². The van der Waals surface area contributed by atoms with Crippen LogP contribution in [0, 0.1) is 0 Å². The number of amides is 1. The first-order valence-electron chi connectivity index (χ1n) is 7.32. The summed E-state index contributed by atoms with van der Waals surface area (Å²) in [6, 6.07) is 13.4. The third-order valence-corrected chi connectivity index (χ3v) is 4.63. The first kappa shape index (κ1) is 15.5. The van der Waals surface area contributed by atoms with E-state index in [1.54, 1.807) is 10.9 Å². The number of nitrogens with zero attached hydrogens (tertiary/aromatic N) is 2. The van der Waals surface area contributed by atoms with Crippen molar-refractivity contribution in [2.75, 3.05) is 6.54 Å². The Hall–Kier alpha value is -2.44. The molecule has 0 aliphatic carbocycles. The van der Waals surface area contributed by atoms with E-state index < -0.39 is 0 Å². The number of thiophene rings is 1. The molecule has 1 unspecified atom stereocenters. The second-order valence-corrected chi connectivity index (χ2v) is 6.12. The second-order valence-electron chi connectivity index (χ2n) is 5.21. The molecule has 0 spiro atoms. The predicted octanol–water partition coefficient (Wildman–Crippen LogP) is 2.58. The quantitative estimate of drug-likeness (QED) is 0.757. The summed E-state index contributed by atoms with van der Waals surface area (Å²) < 4.78 is 1.79. The molecule has 0 saturated heterocycles. The van der Waals surface area contributed by atoms with Gasteiger partial charge in [-0.2, -0.15) is 5.10 Å². The average Bonchev–Trinajstić information content (AvgIpc) is 3.21. The smallest absolute Gasteiger partial charge is 0.252 e. The molecular formula is C17H18N4OS. The third kappa shape index (κ3) is 3.33. The van der Waals surface area contributed by atoms with Crippen molar-refractivity contribution in [1.82, 2.24) is 15.1 Å². The van der Waals surface area contributed by atoms with E-state index in [2.05, 4.69) is 10.4 Å². The summed E-state index contributed by atoms with van der Waals surface area (Å²) in [6.45, 7) is 0.356. The number of nitrogens with one attached hydrogen (secondary N) is 1. The number of aromatic nitrogens is 2. The molecule has 3 aromatic rings. The fourth-order valence-electron chi connectivity index (χ4n) is 2.41. The van der Waals surface area contributed by atoms with Crippen LogP contribution in [0.15, 0.2) is 54.0 Å². The van der Waals surface area contributed by atoms with Crippen molar-refractivity contribution >= 4 is 17.2 Å². The zero-order chi connectivity index (χ0) is 16.2. The Balaban J connectivity index is 1.76. The van der Waals surface area contributed by atoms with Crippen molar-refractivity contribution in [3.63, 3.8) is 0 Å². The zero-order valence-electron chi connectivity index (χ0n) is 12.8. The number of rotatable bonds is 5. The number of benzene rings is 1. The summed E-state index contributed by atoms with van der Waals surface area (Å²) in [7, 11) is 1.88. The van der Waals surface area contributed by atoms with Gasteiger partial charge in [0.05, 0.1) is 22.2 Å².